The summed E-state index contributed by atoms with van der Waals surface area (Å²) >= 11 is 6.84. The second-order valence-corrected chi connectivity index (χ2v) is 10.7. The van der Waals surface area contributed by atoms with Crippen molar-refractivity contribution in [2.24, 2.45) is 0 Å². The first-order valence-corrected chi connectivity index (χ1v) is 12.4. The highest BCUT2D eigenvalue weighted by Gasteiger charge is 2.40. The molecule has 3 aromatic carbocycles. The summed E-state index contributed by atoms with van der Waals surface area (Å²) in [5.74, 6) is -0.0430. The third-order valence-corrected chi connectivity index (χ3v) is 8.76. The summed E-state index contributed by atoms with van der Waals surface area (Å²) in [4.78, 5) is 0.300. The van der Waals surface area contributed by atoms with Crippen LogP contribution in [0.5, 0.6) is 0 Å². The molecule has 1 aromatic heterocycles. The fourth-order valence-electron chi connectivity index (χ4n) is 4.84. The fraction of sp³-hybridized carbons (Fsp3) is 0.231. The molecule has 1 heterocycles. The minimum absolute atomic E-state index is 0.0518. The second kappa shape index (κ2) is 7.54. The topological polar surface area (TPSA) is 39.1 Å². The van der Waals surface area contributed by atoms with Crippen LogP contribution in [-0.4, -0.2) is 17.8 Å². The van der Waals surface area contributed by atoms with Crippen LogP contribution in [-0.2, 0) is 10.0 Å². The number of aromatic nitrogens is 1. The van der Waals surface area contributed by atoms with Crippen LogP contribution in [0.1, 0.15) is 47.6 Å². The lowest BCUT2D eigenvalue weighted by Crippen LogP contribution is -2.27. The lowest BCUT2D eigenvalue weighted by molar-refractivity contribution is 0.537. The molecule has 1 aliphatic carbocycles. The Bertz CT molecular complexity index is 1360. The molecule has 3 nitrogen and oxygen atoms in total. The van der Waals surface area contributed by atoms with E-state index in [1.54, 1.807) is 16.1 Å². The number of fused-ring (bicyclic) bond motifs is 3. The van der Waals surface area contributed by atoms with E-state index in [-0.39, 0.29) is 17.2 Å². The van der Waals surface area contributed by atoms with Crippen molar-refractivity contribution in [3.8, 4) is 0 Å². The first-order valence-electron chi connectivity index (χ1n) is 10.5. The van der Waals surface area contributed by atoms with Gasteiger partial charge in [-0.2, -0.15) is 0 Å². The normalized spacial score (nSPS) is 21.2. The predicted molar refractivity (Wildman–Crippen MR) is 127 cm³/mol. The van der Waals surface area contributed by atoms with Crippen molar-refractivity contribution < 1.29 is 8.42 Å². The van der Waals surface area contributed by atoms with Crippen LogP contribution >= 0.6 is 11.6 Å². The van der Waals surface area contributed by atoms with Crippen LogP contribution in [0.25, 0.3) is 10.9 Å². The molecule has 0 aliphatic heterocycles. The second-order valence-electron chi connectivity index (χ2n) is 8.40. The maximum atomic E-state index is 14.0. The van der Waals surface area contributed by atoms with Crippen molar-refractivity contribution in [2.75, 3.05) is 0 Å². The average molecular weight is 450 g/mol. The van der Waals surface area contributed by atoms with Gasteiger partial charge in [0.1, 0.15) is 0 Å². The Morgan fingerprint density at radius 3 is 2.26 bits per heavy atom. The van der Waals surface area contributed by atoms with Gasteiger partial charge >= 0.3 is 0 Å². The van der Waals surface area contributed by atoms with E-state index in [1.807, 2.05) is 61.5 Å². The Morgan fingerprint density at radius 2 is 1.55 bits per heavy atom. The molecule has 158 valence electrons. The number of halogens is 1. The van der Waals surface area contributed by atoms with E-state index in [4.69, 9.17) is 11.6 Å². The maximum absolute atomic E-state index is 14.0. The number of nitrogens with zero attached hydrogens (tertiary/aromatic N) is 1. The molecule has 0 saturated heterocycles. The molecular weight excluding hydrogens is 426 g/mol. The molecular formula is C26H24ClNO2S. The zero-order valence-corrected chi connectivity index (χ0v) is 19.1. The van der Waals surface area contributed by atoms with Crippen LogP contribution in [0.2, 0.25) is 0 Å². The van der Waals surface area contributed by atoms with Crippen molar-refractivity contribution in [1.82, 2.24) is 3.97 Å². The highest BCUT2D eigenvalue weighted by Crippen LogP contribution is 2.49. The fourth-order valence-corrected chi connectivity index (χ4v) is 6.74. The van der Waals surface area contributed by atoms with Crippen molar-refractivity contribution in [3.05, 3.63) is 101 Å². The molecule has 0 bridgehead atoms. The Balaban J connectivity index is 1.87. The number of alkyl halides is 1. The maximum Gasteiger partial charge on any atom is 0.268 e. The molecule has 5 rings (SSSR count). The monoisotopic (exact) mass is 449 g/mol. The lowest BCUT2D eigenvalue weighted by atomic mass is 9.77. The van der Waals surface area contributed by atoms with Crippen LogP contribution in [0, 0.1) is 6.92 Å². The van der Waals surface area contributed by atoms with Gasteiger partial charge in [0.25, 0.3) is 10.0 Å². The molecule has 1 aliphatic rings. The minimum Gasteiger partial charge on any atom is -0.237 e. The van der Waals surface area contributed by atoms with Crippen molar-refractivity contribution in [1.29, 1.82) is 0 Å². The van der Waals surface area contributed by atoms with Gasteiger partial charge in [-0.1, -0.05) is 73.2 Å². The summed E-state index contributed by atoms with van der Waals surface area (Å²) in [6.45, 7) is 4.06. The van der Waals surface area contributed by atoms with Crippen molar-refractivity contribution >= 4 is 32.5 Å². The molecule has 31 heavy (non-hydrogen) atoms. The van der Waals surface area contributed by atoms with Crippen molar-refractivity contribution in [2.45, 2.75) is 42.4 Å². The van der Waals surface area contributed by atoms with Crippen molar-refractivity contribution in [3.63, 3.8) is 0 Å². The lowest BCUT2D eigenvalue weighted by Gasteiger charge is -2.33. The Labute approximate surface area is 188 Å². The summed E-state index contributed by atoms with van der Waals surface area (Å²) < 4.78 is 29.6. The smallest absolute Gasteiger partial charge is 0.237 e. The molecule has 0 amide bonds. The number of hydrogen-bond donors (Lipinski definition) is 0. The van der Waals surface area contributed by atoms with Gasteiger partial charge in [-0.15, -0.1) is 11.6 Å². The van der Waals surface area contributed by atoms with E-state index < -0.39 is 10.0 Å². The first-order chi connectivity index (χ1) is 14.9. The number of aryl methyl sites for hydroxylation is 1. The van der Waals surface area contributed by atoms with Gasteiger partial charge in [0.2, 0.25) is 0 Å². The quantitative estimate of drug-likeness (QED) is 0.338. The van der Waals surface area contributed by atoms with Crippen LogP contribution in [0.3, 0.4) is 0 Å². The summed E-state index contributed by atoms with van der Waals surface area (Å²) in [5.41, 5.74) is 4.72. The van der Waals surface area contributed by atoms with Crippen LogP contribution in [0.15, 0.2) is 83.8 Å². The van der Waals surface area contributed by atoms with Gasteiger partial charge in [-0.25, -0.2) is 12.4 Å². The first kappa shape index (κ1) is 20.3. The van der Waals surface area contributed by atoms with Gasteiger partial charge in [0, 0.05) is 22.4 Å². The van der Waals surface area contributed by atoms with Gasteiger partial charge in [0.05, 0.1) is 10.4 Å². The molecule has 5 heteroatoms. The zero-order valence-electron chi connectivity index (χ0n) is 17.5. The molecule has 0 spiro atoms. The molecule has 0 radical (unpaired) electrons. The van der Waals surface area contributed by atoms with Gasteiger partial charge in [-0.05, 0) is 48.6 Å². The number of para-hydroxylation sites is 1. The number of rotatable bonds is 3. The third-order valence-electron chi connectivity index (χ3n) is 6.46. The van der Waals surface area contributed by atoms with E-state index >= 15 is 0 Å². The summed E-state index contributed by atoms with van der Waals surface area (Å²) in [6.07, 6.45) is 0.694. The molecule has 0 unspecified atom stereocenters. The highest BCUT2D eigenvalue weighted by molar-refractivity contribution is 7.90. The minimum atomic E-state index is -3.79. The highest BCUT2D eigenvalue weighted by atomic mass is 35.5. The van der Waals surface area contributed by atoms with E-state index in [0.29, 0.717) is 16.8 Å². The van der Waals surface area contributed by atoms with E-state index in [0.717, 1.165) is 27.8 Å². The molecule has 0 fully saturated rings. The molecule has 4 aromatic rings. The molecule has 0 saturated carbocycles. The van der Waals surface area contributed by atoms with Crippen LogP contribution in [0.4, 0.5) is 0 Å². The zero-order chi connectivity index (χ0) is 21.8. The molecule has 3 atom stereocenters. The average Bonchev–Trinajstić information content (AvgIpc) is 3.13. The SMILES string of the molecule is Cc1ccc(S(=O)(=O)n2c3c(c4ccccc42)[C@H](C)[C@H](Cl)C[C@@H]3c2ccccc2)cc1. The number of hydrogen-bond acceptors (Lipinski definition) is 2. The Hall–Kier alpha value is -2.56. The van der Waals surface area contributed by atoms with Gasteiger partial charge in [-0.3, -0.25) is 0 Å². The molecule has 0 N–H and O–H groups in total. The third kappa shape index (κ3) is 3.20. The predicted octanol–water partition coefficient (Wildman–Crippen LogP) is 6.43. The Kier molecular flexibility index (Phi) is 4.95. The summed E-state index contributed by atoms with van der Waals surface area (Å²) in [6, 6.07) is 25.0. The van der Waals surface area contributed by atoms with E-state index in [9.17, 15) is 8.42 Å². The Morgan fingerprint density at radius 1 is 0.903 bits per heavy atom. The van der Waals surface area contributed by atoms with Gasteiger partial charge in [0.15, 0.2) is 0 Å². The standard InChI is InChI=1S/C26H24ClNO2S/c1-17-12-14-20(15-13-17)31(29,30)28-24-11-7-6-10-21(24)25-18(2)23(27)16-22(26(25)28)19-8-4-3-5-9-19/h3-15,18,22-23H,16H2,1-2H3/t18-,22-,23-/m1/s1. The van der Waals surface area contributed by atoms with E-state index in [2.05, 4.69) is 19.1 Å². The largest absolute Gasteiger partial charge is 0.268 e. The van der Waals surface area contributed by atoms with Gasteiger partial charge < -0.3 is 0 Å². The van der Waals surface area contributed by atoms with Crippen LogP contribution < -0.4 is 0 Å². The number of benzene rings is 3. The van der Waals surface area contributed by atoms with E-state index in [1.165, 1.54) is 0 Å². The summed E-state index contributed by atoms with van der Waals surface area (Å²) in [7, 11) is -3.79. The summed E-state index contributed by atoms with van der Waals surface area (Å²) in [5, 5.41) is 0.894.